The molecule has 1 aromatic heterocycles. The van der Waals surface area contributed by atoms with Crippen molar-refractivity contribution in [2.45, 2.75) is 45.6 Å². The Labute approximate surface area is 185 Å². The van der Waals surface area contributed by atoms with Gasteiger partial charge in [0.2, 0.25) is 0 Å². The molecule has 0 aliphatic carbocycles. The van der Waals surface area contributed by atoms with Crippen molar-refractivity contribution in [2.24, 2.45) is 4.99 Å². The van der Waals surface area contributed by atoms with E-state index in [-0.39, 0.29) is 30.6 Å². The number of hydrogen-bond donors (Lipinski definition) is 2. The van der Waals surface area contributed by atoms with Gasteiger partial charge < -0.3 is 19.9 Å². The molecule has 0 bridgehead atoms. The van der Waals surface area contributed by atoms with Crippen molar-refractivity contribution in [3.05, 3.63) is 52.9 Å². The molecule has 2 aromatic rings. The number of hydrogen-bond acceptors (Lipinski definition) is 4. The summed E-state index contributed by atoms with van der Waals surface area (Å²) in [6, 6.07) is 9.07. The van der Waals surface area contributed by atoms with E-state index in [2.05, 4.69) is 20.8 Å². The zero-order valence-electron chi connectivity index (χ0n) is 16.5. The number of guanidine groups is 1. The van der Waals surface area contributed by atoms with Gasteiger partial charge in [-0.05, 0) is 17.0 Å². The lowest BCUT2D eigenvalue weighted by atomic mass is 10.1. The second kappa shape index (κ2) is 12.0. The molecule has 0 aliphatic rings. The summed E-state index contributed by atoms with van der Waals surface area (Å²) in [6.45, 7) is 3.62. The Kier molecular flexibility index (Phi) is 10.4. The standard InChI is InChI=1S/C19H25F3N4O2.HI/c1-13(2)17-8-16(28-26-17)10-25-18(23-3)24-9-14-5-4-6-15(7-14)11-27-12-19(20,21)22;/h4-8,13H,9-12H2,1-3H3,(H2,23,24,25);1H. The van der Waals surface area contributed by atoms with Crippen LogP contribution >= 0.6 is 24.0 Å². The lowest BCUT2D eigenvalue weighted by Crippen LogP contribution is -2.36. The predicted octanol–water partition coefficient (Wildman–Crippen LogP) is 4.36. The maximum Gasteiger partial charge on any atom is 0.411 e. The van der Waals surface area contributed by atoms with E-state index in [0.717, 1.165) is 11.3 Å². The molecule has 0 radical (unpaired) electrons. The normalized spacial score (nSPS) is 12.0. The smallest absolute Gasteiger partial charge is 0.367 e. The van der Waals surface area contributed by atoms with Crippen LogP contribution in [0.25, 0.3) is 0 Å². The zero-order chi connectivity index (χ0) is 20.6. The Bertz CT molecular complexity index is 779. The van der Waals surface area contributed by atoms with Crippen LogP contribution in [-0.2, 0) is 24.4 Å². The Morgan fingerprint density at radius 1 is 1.17 bits per heavy atom. The molecule has 2 N–H and O–H groups in total. The predicted molar refractivity (Wildman–Crippen MR) is 115 cm³/mol. The fourth-order valence-corrected chi connectivity index (χ4v) is 2.38. The van der Waals surface area contributed by atoms with Crippen LogP contribution in [0.4, 0.5) is 13.2 Å². The van der Waals surface area contributed by atoms with E-state index >= 15 is 0 Å². The first-order chi connectivity index (χ1) is 13.3. The quantitative estimate of drug-likeness (QED) is 0.304. The fraction of sp³-hybridized carbons (Fsp3) is 0.474. The molecule has 10 heteroatoms. The second-order valence-corrected chi connectivity index (χ2v) is 6.58. The maximum atomic E-state index is 12.2. The molecule has 0 saturated carbocycles. The highest BCUT2D eigenvalue weighted by Crippen LogP contribution is 2.16. The lowest BCUT2D eigenvalue weighted by Gasteiger charge is -2.12. The van der Waals surface area contributed by atoms with E-state index in [1.54, 1.807) is 25.2 Å². The molecule has 6 nitrogen and oxygen atoms in total. The maximum absolute atomic E-state index is 12.2. The first-order valence-electron chi connectivity index (χ1n) is 8.89. The minimum absolute atomic E-state index is 0. The summed E-state index contributed by atoms with van der Waals surface area (Å²) in [7, 11) is 1.65. The number of rotatable bonds is 8. The molecule has 0 unspecified atom stereocenters. The molecule has 1 aromatic carbocycles. The van der Waals surface area contributed by atoms with Crippen LogP contribution in [-0.4, -0.2) is 30.9 Å². The summed E-state index contributed by atoms with van der Waals surface area (Å²) < 4.78 is 46.4. The molecule has 0 atom stereocenters. The van der Waals surface area contributed by atoms with Gasteiger partial charge in [-0.1, -0.05) is 43.3 Å². The van der Waals surface area contributed by atoms with Gasteiger partial charge in [0.05, 0.1) is 18.8 Å². The van der Waals surface area contributed by atoms with Crippen LogP contribution < -0.4 is 10.6 Å². The number of nitrogens with one attached hydrogen (secondary N) is 2. The topological polar surface area (TPSA) is 71.7 Å². The molecule has 0 aliphatic heterocycles. The summed E-state index contributed by atoms with van der Waals surface area (Å²) in [6.07, 6.45) is -4.32. The van der Waals surface area contributed by atoms with Crippen LogP contribution in [0.5, 0.6) is 0 Å². The summed E-state index contributed by atoms with van der Waals surface area (Å²) >= 11 is 0. The van der Waals surface area contributed by atoms with Crippen LogP contribution in [0.1, 0.15) is 42.3 Å². The average molecular weight is 526 g/mol. The minimum atomic E-state index is -4.32. The number of benzene rings is 1. The van der Waals surface area contributed by atoms with Gasteiger partial charge >= 0.3 is 6.18 Å². The molecule has 162 valence electrons. The monoisotopic (exact) mass is 526 g/mol. The Morgan fingerprint density at radius 2 is 1.86 bits per heavy atom. The molecule has 2 rings (SSSR count). The van der Waals surface area contributed by atoms with Crippen molar-refractivity contribution in [1.29, 1.82) is 0 Å². The van der Waals surface area contributed by atoms with Gasteiger partial charge in [0.25, 0.3) is 0 Å². The summed E-state index contributed by atoms with van der Waals surface area (Å²) in [5.41, 5.74) is 2.47. The molecule has 1 heterocycles. The Balaban J connectivity index is 0.00000420. The third-order valence-corrected chi connectivity index (χ3v) is 3.81. The number of alkyl halides is 3. The summed E-state index contributed by atoms with van der Waals surface area (Å²) in [5.74, 6) is 1.57. The zero-order valence-corrected chi connectivity index (χ0v) is 18.9. The largest absolute Gasteiger partial charge is 0.411 e. The third-order valence-electron chi connectivity index (χ3n) is 3.81. The second-order valence-electron chi connectivity index (χ2n) is 6.58. The highest BCUT2D eigenvalue weighted by molar-refractivity contribution is 14.0. The van der Waals surface area contributed by atoms with Gasteiger partial charge in [0, 0.05) is 19.7 Å². The van der Waals surface area contributed by atoms with Gasteiger partial charge in [-0.25, -0.2) is 0 Å². The van der Waals surface area contributed by atoms with Crippen molar-refractivity contribution in [3.8, 4) is 0 Å². The van der Waals surface area contributed by atoms with Crippen molar-refractivity contribution in [3.63, 3.8) is 0 Å². The first-order valence-corrected chi connectivity index (χ1v) is 8.89. The SMILES string of the molecule is CN=C(NCc1cccc(COCC(F)(F)F)c1)NCc1cc(C(C)C)no1.I. The molecule has 29 heavy (non-hydrogen) atoms. The first kappa shape index (κ1) is 25.2. The van der Waals surface area contributed by atoms with E-state index in [9.17, 15) is 13.2 Å². The Hall–Kier alpha value is -1.82. The van der Waals surface area contributed by atoms with Crippen LogP contribution in [0.3, 0.4) is 0 Å². The number of ether oxygens (including phenoxy) is 1. The van der Waals surface area contributed by atoms with Crippen LogP contribution in [0.2, 0.25) is 0 Å². The molecular formula is C19H26F3IN4O2. The summed E-state index contributed by atoms with van der Waals surface area (Å²) in [5, 5.41) is 10.3. The van der Waals surface area contributed by atoms with E-state index in [1.807, 2.05) is 26.0 Å². The van der Waals surface area contributed by atoms with Gasteiger partial charge in [0.15, 0.2) is 11.7 Å². The fourth-order valence-electron chi connectivity index (χ4n) is 2.38. The Morgan fingerprint density at radius 3 is 2.48 bits per heavy atom. The average Bonchev–Trinajstić information content (AvgIpc) is 3.10. The van der Waals surface area contributed by atoms with Gasteiger partial charge in [-0.2, -0.15) is 13.2 Å². The van der Waals surface area contributed by atoms with Gasteiger partial charge in [-0.3, -0.25) is 4.99 Å². The van der Waals surface area contributed by atoms with Crippen LogP contribution in [0.15, 0.2) is 39.8 Å². The van der Waals surface area contributed by atoms with Crippen molar-refractivity contribution >= 4 is 29.9 Å². The van der Waals surface area contributed by atoms with Gasteiger partial charge in [-0.15, -0.1) is 24.0 Å². The van der Waals surface area contributed by atoms with E-state index < -0.39 is 12.8 Å². The van der Waals surface area contributed by atoms with E-state index in [1.165, 1.54) is 0 Å². The van der Waals surface area contributed by atoms with Crippen LogP contribution in [0, 0.1) is 0 Å². The highest BCUT2D eigenvalue weighted by atomic mass is 127. The molecular weight excluding hydrogens is 500 g/mol. The van der Waals surface area contributed by atoms with Crippen molar-refractivity contribution in [1.82, 2.24) is 15.8 Å². The number of aliphatic imine (C=N–C) groups is 1. The van der Waals surface area contributed by atoms with E-state index in [4.69, 9.17) is 9.26 Å². The molecule has 0 amide bonds. The van der Waals surface area contributed by atoms with Gasteiger partial charge in [0.1, 0.15) is 6.61 Å². The third kappa shape index (κ3) is 9.48. The lowest BCUT2D eigenvalue weighted by molar-refractivity contribution is -0.176. The number of halogens is 4. The molecule has 0 saturated heterocycles. The molecule has 0 fully saturated rings. The molecule has 0 spiro atoms. The number of aromatic nitrogens is 1. The minimum Gasteiger partial charge on any atom is -0.367 e. The number of nitrogens with zero attached hydrogens (tertiary/aromatic N) is 2. The highest BCUT2D eigenvalue weighted by Gasteiger charge is 2.27. The summed E-state index contributed by atoms with van der Waals surface area (Å²) in [4.78, 5) is 4.14. The van der Waals surface area contributed by atoms with E-state index in [0.29, 0.717) is 36.3 Å². The van der Waals surface area contributed by atoms with Crippen molar-refractivity contribution in [2.75, 3.05) is 13.7 Å². The van der Waals surface area contributed by atoms with Crippen molar-refractivity contribution < 1.29 is 22.4 Å².